The molecular formula is C13H20N2O. The summed E-state index contributed by atoms with van der Waals surface area (Å²) in [6.07, 6.45) is 7.73. The zero-order valence-electron chi connectivity index (χ0n) is 10.1. The number of Topliss-reactive ketones (excluding diaryl/α,β-unsaturated/α-hetero) is 1. The van der Waals surface area contributed by atoms with Crippen molar-refractivity contribution in [1.29, 1.82) is 0 Å². The van der Waals surface area contributed by atoms with E-state index in [4.69, 9.17) is 0 Å². The van der Waals surface area contributed by atoms with Gasteiger partial charge in [-0.3, -0.25) is 4.79 Å². The van der Waals surface area contributed by atoms with Gasteiger partial charge in [0.2, 0.25) is 0 Å². The van der Waals surface area contributed by atoms with E-state index < -0.39 is 0 Å². The van der Waals surface area contributed by atoms with E-state index >= 15 is 0 Å². The molecule has 1 fully saturated rings. The zero-order chi connectivity index (χ0) is 11.5. The van der Waals surface area contributed by atoms with E-state index in [0.717, 1.165) is 18.8 Å². The van der Waals surface area contributed by atoms with E-state index in [0.29, 0.717) is 18.1 Å². The molecule has 1 aliphatic rings. The van der Waals surface area contributed by atoms with Crippen molar-refractivity contribution in [2.45, 2.75) is 46.1 Å². The predicted octanol–water partition coefficient (Wildman–Crippen LogP) is 2.45. The van der Waals surface area contributed by atoms with Crippen LogP contribution in [-0.4, -0.2) is 15.3 Å². The van der Waals surface area contributed by atoms with Crippen molar-refractivity contribution in [3.8, 4) is 0 Å². The summed E-state index contributed by atoms with van der Waals surface area (Å²) in [4.78, 5) is 16.4. The molecule has 0 aliphatic heterocycles. The predicted molar refractivity (Wildman–Crippen MR) is 63.1 cm³/mol. The standard InChI is InChI=1S/C13H20N2O/c1-3-15-8-7-14-13(15)9-12(16)11-6-4-5-10(11)2/h7-8,10-11H,3-6,9H2,1-2H3. The van der Waals surface area contributed by atoms with Crippen molar-refractivity contribution in [2.75, 3.05) is 0 Å². The molecule has 1 aromatic rings. The van der Waals surface area contributed by atoms with Crippen LogP contribution in [0.1, 0.15) is 38.9 Å². The summed E-state index contributed by atoms with van der Waals surface area (Å²) in [5.41, 5.74) is 0. The molecule has 3 heteroatoms. The van der Waals surface area contributed by atoms with Crippen LogP contribution >= 0.6 is 0 Å². The van der Waals surface area contributed by atoms with Crippen LogP contribution in [-0.2, 0) is 17.8 Å². The fraction of sp³-hybridized carbons (Fsp3) is 0.692. The molecular weight excluding hydrogens is 200 g/mol. The number of ketones is 1. The summed E-state index contributed by atoms with van der Waals surface area (Å²) in [7, 11) is 0. The molecule has 2 rings (SSSR count). The van der Waals surface area contributed by atoms with E-state index in [1.165, 1.54) is 12.8 Å². The van der Waals surface area contributed by atoms with Gasteiger partial charge in [-0.15, -0.1) is 0 Å². The lowest BCUT2D eigenvalue weighted by Crippen LogP contribution is -2.20. The lowest BCUT2D eigenvalue weighted by Gasteiger charge is -2.13. The minimum atomic E-state index is 0.280. The third kappa shape index (κ3) is 2.18. The summed E-state index contributed by atoms with van der Waals surface area (Å²) in [6.45, 7) is 5.17. The first-order valence-electron chi connectivity index (χ1n) is 6.25. The van der Waals surface area contributed by atoms with E-state index in [2.05, 4.69) is 23.4 Å². The summed E-state index contributed by atoms with van der Waals surface area (Å²) in [5.74, 6) is 2.15. The smallest absolute Gasteiger partial charge is 0.143 e. The van der Waals surface area contributed by atoms with E-state index in [1.54, 1.807) is 6.20 Å². The number of imidazole rings is 1. The van der Waals surface area contributed by atoms with Crippen LogP contribution in [0.5, 0.6) is 0 Å². The van der Waals surface area contributed by atoms with Gasteiger partial charge in [-0.1, -0.05) is 13.3 Å². The quantitative estimate of drug-likeness (QED) is 0.781. The highest BCUT2D eigenvalue weighted by Crippen LogP contribution is 2.32. The first kappa shape index (κ1) is 11.4. The monoisotopic (exact) mass is 220 g/mol. The Kier molecular flexibility index (Phi) is 3.42. The Hall–Kier alpha value is -1.12. The second-order valence-corrected chi connectivity index (χ2v) is 4.79. The molecule has 0 N–H and O–H groups in total. The Morgan fingerprint density at radius 2 is 2.38 bits per heavy atom. The van der Waals surface area contributed by atoms with Gasteiger partial charge in [0, 0.05) is 24.9 Å². The molecule has 1 saturated carbocycles. The topological polar surface area (TPSA) is 34.9 Å². The molecule has 3 nitrogen and oxygen atoms in total. The molecule has 2 unspecified atom stereocenters. The first-order chi connectivity index (χ1) is 7.72. The number of hydrogen-bond donors (Lipinski definition) is 0. The van der Waals surface area contributed by atoms with Crippen LogP contribution < -0.4 is 0 Å². The SMILES string of the molecule is CCn1ccnc1CC(=O)C1CCCC1C. The highest BCUT2D eigenvalue weighted by molar-refractivity contribution is 5.83. The van der Waals surface area contributed by atoms with Gasteiger partial charge in [-0.05, 0) is 25.7 Å². The first-order valence-corrected chi connectivity index (χ1v) is 6.25. The summed E-state index contributed by atoms with van der Waals surface area (Å²) in [6, 6.07) is 0. The maximum atomic E-state index is 12.1. The maximum absolute atomic E-state index is 12.1. The number of nitrogens with zero attached hydrogens (tertiary/aromatic N) is 2. The lowest BCUT2D eigenvalue weighted by molar-refractivity contribution is -0.123. The zero-order valence-corrected chi connectivity index (χ0v) is 10.1. The molecule has 0 amide bonds. The molecule has 0 bridgehead atoms. The van der Waals surface area contributed by atoms with Gasteiger partial charge in [0.05, 0.1) is 6.42 Å². The summed E-state index contributed by atoms with van der Waals surface area (Å²) >= 11 is 0. The second kappa shape index (κ2) is 4.81. The minimum absolute atomic E-state index is 0.280. The highest BCUT2D eigenvalue weighted by atomic mass is 16.1. The molecule has 0 radical (unpaired) electrons. The van der Waals surface area contributed by atoms with Crippen LogP contribution in [0.15, 0.2) is 12.4 Å². The Labute approximate surface area is 96.9 Å². The molecule has 1 heterocycles. The molecule has 16 heavy (non-hydrogen) atoms. The van der Waals surface area contributed by atoms with Crippen molar-refractivity contribution < 1.29 is 4.79 Å². The Morgan fingerprint density at radius 1 is 1.56 bits per heavy atom. The van der Waals surface area contributed by atoms with Crippen LogP contribution in [0.4, 0.5) is 0 Å². The highest BCUT2D eigenvalue weighted by Gasteiger charge is 2.29. The van der Waals surface area contributed by atoms with Gasteiger partial charge in [-0.2, -0.15) is 0 Å². The fourth-order valence-electron chi connectivity index (χ4n) is 2.71. The van der Waals surface area contributed by atoms with Crippen molar-refractivity contribution >= 4 is 5.78 Å². The number of aromatic nitrogens is 2. The van der Waals surface area contributed by atoms with Gasteiger partial charge in [-0.25, -0.2) is 4.98 Å². The number of aryl methyl sites for hydroxylation is 1. The van der Waals surface area contributed by atoms with Crippen molar-refractivity contribution in [3.63, 3.8) is 0 Å². The molecule has 1 aromatic heterocycles. The van der Waals surface area contributed by atoms with Crippen molar-refractivity contribution in [2.24, 2.45) is 11.8 Å². The number of carbonyl (C=O) groups excluding carboxylic acids is 1. The third-order valence-electron chi connectivity index (χ3n) is 3.75. The van der Waals surface area contributed by atoms with Gasteiger partial charge >= 0.3 is 0 Å². The Morgan fingerprint density at radius 3 is 3.00 bits per heavy atom. The lowest BCUT2D eigenvalue weighted by atomic mass is 9.92. The number of hydrogen-bond acceptors (Lipinski definition) is 2. The molecule has 0 spiro atoms. The summed E-state index contributed by atoms with van der Waals surface area (Å²) in [5, 5.41) is 0. The molecule has 88 valence electrons. The molecule has 2 atom stereocenters. The van der Waals surface area contributed by atoms with Gasteiger partial charge in [0.1, 0.15) is 11.6 Å². The van der Waals surface area contributed by atoms with Gasteiger partial charge < -0.3 is 4.57 Å². The molecule has 1 aliphatic carbocycles. The molecule has 0 aromatic carbocycles. The number of rotatable bonds is 4. The van der Waals surface area contributed by atoms with E-state index in [-0.39, 0.29) is 5.92 Å². The Bertz CT molecular complexity index is 370. The maximum Gasteiger partial charge on any atom is 0.143 e. The van der Waals surface area contributed by atoms with Crippen LogP contribution in [0, 0.1) is 11.8 Å². The van der Waals surface area contributed by atoms with Crippen molar-refractivity contribution in [3.05, 3.63) is 18.2 Å². The normalized spacial score (nSPS) is 24.9. The summed E-state index contributed by atoms with van der Waals surface area (Å²) < 4.78 is 2.05. The average Bonchev–Trinajstić information content (AvgIpc) is 2.86. The average molecular weight is 220 g/mol. The largest absolute Gasteiger partial charge is 0.335 e. The Balaban J connectivity index is 2.02. The third-order valence-corrected chi connectivity index (χ3v) is 3.75. The van der Waals surface area contributed by atoms with Crippen molar-refractivity contribution in [1.82, 2.24) is 9.55 Å². The molecule has 0 saturated heterocycles. The van der Waals surface area contributed by atoms with Gasteiger partial charge in [0.15, 0.2) is 0 Å². The fourth-order valence-corrected chi connectivity index (χ4v) is 2.71. The van der Waals surface area contributed by atoms with Crippen LogP contribution in [0.25, 0.3) is 0 Å². The minimum Gasteiger partial charge on any atom is -0.335 e. The number of carbonyl (C=O) groups is 1. The van der Waals surface area contributed by atoms with Gasteiger partial charge in [0.25, 0.3) is 0 Å². The van der Waals surface area contributed by atoms with E-state index in [1.807, 2.05) is 6.20 Å². The van der Waals surface area contributed by atoms with Crippen LogP contribution in [0.3, 0.4) is 0 Å². The van der Waals surface area contributed by atoms with E-state index in [9.17, 15) is 4.79 Å². The second-order valence-electron chi connectivity index (χ2n) is 4.79. The van der Waals surface area contributed by atoms with Crippen LogP contribution in [0.2, 0.25) is 0 Å².